The van der Waals surface area contributed by atoms with Crippen LogP contribution in [0.25, 0.3) is 0 Å². The van der Waals surface area contributed by atoms with Gasteiger partial charge >= 0.3 is 0 Å². The van der Waals surface area contributed by atoms with Gasteiger partial charge in [-0.15, -0.1) is 0 Å². The Morgan fingerprint density at radius 1 is 1.05 bits per heavy atom. The van der Waals surface area contributed by atoms with Crippen LogP contribution in [0.5, 0.6) is 11.5 Å². The first-order chi connectivity index (χ1) is 9.20. The van der Waals surface area contributed by atoms with Crippen LogP contribution >= 0.6 is 0 Å². The van der Waals surface area contributed by atoms with Crippen molar-refractivity contribution in [2.45, 2.75) is 0 Å². The van der Waals surface area contributed by atoms with E-state index in [4.69, 9.17) is 24.7 Å². The van der Waals surface area contributed by atoms with E-state index in [2.05, 4.69) is 0 Å². The van der Waals surface area contributed by atoms with Gasteiger partial charge < -0.3 is 24.7 Å². The van der Waals surface area contributed by atoms with Gasteiger partial charge in [0.25, 0.3) is 5.91 Å². The molecule has 6 nitrogen and oxygen atoms in total. The van der Waals surface area contributed by atoms with Gasteiger partial charge in [0.1, 0.15) is 13.2 Å². The van der Waals surface area contributed by atoms with Gasteiger partial charge in [-0.1, -0.05) is 6.07 Å². The van der Waals surface area contributed by atoms with Crippen molar-refractivity contribution in [1.82, 2.24) is 0 Å². The maximum Gasteiger partial charge on any atom is 0.252 e. The average molecular weight is 269 g/mol. The number of hydrogen-bond acceptors (Lipinski definition) is 5. The molecule has 0 radical (unpaired) electrons. The Hall–Kier alpha value is -1.79. The number of carbonyl (C=O) groups excluding carboxylic acids is 1. The van der Waals surface area contributed by atoms with E-state index >= 15 is 0 Å². The summed E-state index contributed by atoms with van der Waals surface area (Å²) in [7, 11) is 3.15. The lowest BCUT2D eigenvalue weighted by Crippen LogP contribution is -2.16. The van der Waals surface area contributed by atoms with E-state index < -0.39 is 5.91 Å². The largest absolute Gasteiger partial charge is 0.487 e. The maximum atomic E-state index is 11.4. The third-order valence-electron chi connectivity index (χ3n) is 2.32. The zero-order valence-corrected chi connectivity index (χ0v) is 11.2. The number of carbonyl (C=O) groups is 1. The molecule has 0 aliphatic rings. The second kappa shape index (κ2) is 8.34. The Morgan fingerprint density at radius 3 is 2.26 bits per heavy atom. The SMILES string of the molecule is COCCOc1cccc(C(N)=O)c1OCCOC. The predicted molar refractivity (Wildman–Crippen MR) is 69.7 cm³/mol. The van der Waals surface area contributed by atoms with Gasteiger partial charge in [0.15, 0.2) is 11.5 Å². The van der Waals surface area contributed by atoms with Crippen LogP contribution in [0.4, 0.5) is 0 Å². The van der Waals surface area contributed by atoms with Crippen molar-refractivity contribution in [3.05, 3.63) is 23.8 Å². The van der Waals surface area contributed by atoms with E-state index in [0.29, 0.717) is 37.9 Å². The Morgan fingerprint density at radius 2 is 1.68 bits per heavy atom. The summed E-state index contributed by atoms with van der Waals surface area (Å²) in [6.45, 7) is 1.52. The molecule has 1 aromatic rings. The van der Waals surface area contributed by atoms with Crippen LogP contribution in [-0.2, 0) is 9.47 Å². The van der Waals surface area contributed by atoms with Gasteiger partial charge in [0.2, 0.25) is 0 Å². The van der Waals surface area contributed by atoms with E-state index in [0.717, 1.165) is 0 Å². The molecule has 19 heavy (non-hydrogen) atoms. The van der Waals surface area contributed by atoms with Crippen molar-refractivity contribution in [3.8, 4) is 11.5 Å². The Labute approximate surface area is 112 Å². The van der Waals surface area contributed by atoms with E-state index in [1.54, 1.807) is 32.4 Å². The molecule has 6 heteroatoms. The molecule has 106 valence electrons. The summed E-state index contributed by atoms with van der Waals surface area (Å²) in [6.07, 6.45) is 0. The zero-order chi connectivity index (χ0) is 14.1. The number of nitrogens with two attached hydrogens (primary N) is 1. The molecule has 0 unspecified atom stereocenters. The summed E-state index contributed by atoms with van der Waals surface area (Å²) in [5.74, 6) is 0.234. The van der Waals surface area contributed by atoms with E-state index in [1.165, 1.54) is 0 Å². The molecule has 0 heterocycles. The van der Waals surface area contributed by atoms with E-state index in [9.17, 15) is 4.79 Å². The molecule has 1 aromatic carbocycles. The van der Waals surface area contributed by atoms with Gasteiger partial charge in [0.05, 0.1) is 18.8 Å². The summed E-state index contributed by atoms with van der Waals surface area (Å²) >= 11 is 0. The van der Waals surface area contributed by atoms with Crippen LogP contribution in [0.15, 0.2) is 18.2 Å². The van der Waals surface area contributed by atoms with Crippen molar-refractivity contribution in [3.63, 3.8) is 0 Å². The van der Waals surface area contributed by atoms with E-state index in [1.807, 2.05) is 0 Å². The van der Waals surface area contributed by atoms with Gasteiger partial charge in [-0.25, -0.2) is 0 Å². The van der Waals surface area contributed by atoms with Crippen LogP contribution in [0, 0.1) is 0 Å². The molecule has 0 saturated heterocycles. The highest BCUT2D eigenvalue weighted by Gasteiger charge is 2.15. The van der Waals surface area contributed by atoms with Crippen molar-refractivity contribution in [2.24, 2.45) is 5.73 Å². The predicted octanol–water partition coefficient (Wildman–Crippen LogP) is 0.836. The number of rotatable bonds is 9. The molecule has 2 N–H and O–H groups in total. The van der Waals surface area contributed by atoms with Crippen LogP contribution in [0.3, 0.4) is 0 Å². The van der Waals surface area contributed by atoms with Gasteiger partial charge in [-0.05, 0) is 12.1 Å². The lowest BCUT2D eigenvalue weighted by molar-refractivity contribution is 0.0988. The third-order valence-corrected chi connectivity index (χ3v) is 2.32. The molecule has 1 amide bonds. The molecular weight excluding hydrogens is 250 g/mol. The minimum Gasteiger partial charge on any atom is -0.487 e. The first-order valence-electron chi connectivity index (χ1n) is 5.87. The number of methoxy groups -OCH3 is 2. The van der Waals surface area contributed by atoms with Crippen LogP contribution in [0.1, 0.15) is 10.4 Å². The summed E-state index contributed by atoms with van der Waals surface area (Å²) in [5.41, 5.74) is 5.60. The molecule has 0 aromatic heterocycles. The van der Waals surface area contributed by atoms with Crippen molar-refractivity contribution >= 4 is 5.91 Å². The zero-order valence-electron chi connectivity index (χ0n) is 11.2. The standard InChI is InChI=1S/C13H19NO5/c1-16-6-8-18-11-5-3-4-10(13(14)15)12(11)19-9-7-17-2/h3-5H,6-9H2,1-2H3,(H2,14,15). The Bertz CT molecular complexity index is 408. The lowest BCUT2D eigenvalue weighted by Gasteiger charge is -2.14. The monoisotopic (exact) mass is 269 g/mol. The lowest BCUT2D eigenvalue weighted by atomic mass is 10.2. The number of para-hydroxylation sites is 1. The molecule has 0 saturated carbocycles. The molecule has 0 aliphatic heterocycles. The second-order valence-electron chi connectivity index (χ2n) is 3.68. The van der Waals surface area contributed by atoms with Gasteiger partial charge in [0, 0.05) is 14.2 Å². The highest BCUT2D eigenvalue weighted by Crippen LogP contribution is 2.31. The average Bonchev–Trinajstić information content (AvgIpc) is 2.40. The van der Waals surface area contributed by atoms with Gasteiger partial charge in [-0.3, -0.25) is 4.79 Å². The summed E-state index contributed by atoms with van der Waals surface area (Å²) < 4.78 is 20.8. The second-order valence-corrected chi connectivity index (χ2v) is 3.68. The molecule has 0 aliphatic carbocycles. The van der Waals surface area contributed by atoms with Crippen molar-refractivity contribution < 1.29 is 23.7 Å². The summed E-state index contributed by atoms with van der Waals surface area (Å²) in [5, 5.41) is 0. The molecule has 0 atom stereocenters. The number of primary amides is 1. The van der Waals surface area contributed by atoms with Crippen LogP contribution < -0.4 is 15.2 Å². The van der Waals surface area contributed by atoms with Crippen molar-refractivity contribution in [2.75, 3.05) is 40.6 Å². The number of ether oxygens (including phenoxy) is 4. The van der Waals surface area contributed by atoms with Crippen LogP contribution in [-0.4, -0.2) is 46.6 Å². The number of amides is 1. The normalized spacial score (nSPS) is 10.2. The maximum absolute atomic E-state index is 11.4. The fraction of sp³-hybridized carbons (Fsp3) is 0.462. The number of hydrogen-bond donors (Lipinski definition) is 1. The summed E-state index contributed by atoms with van der Waals surface area (Å²) in [6, 6.07) is 4.99. The molecular formula is C13H19NO5. The highest BCUT2D eigenvalue weighted by molar-refractivity contribution is 5.96. The highest BCUT2D eigenvalue weighted by atomic mass is 16.5. The molecule has 0 bridgehead atoms. The Balaban J connectivity index is 2.86. The third kappa shape index (κ3) is 4.76. The van der Waals surface area contributed by atoms with Crippen molar-refractivity contribution in [1.29, 1.82) is 0 Å². The molecule has 0 fully saturated rings. The molecule has 1 rings (SSSR count). The minimum absolute atomic E-state index is 0.283. The Kier molecular flexibility index (Phi) is 6.70. The topological polar surface area (TPSA) is 80.0 Å². The van der Waals surface area contributed by atoms with E-state index in [-0.39, 0.29) is 5.56 Å². The first kappa shape index (κ1) is 15.3. The van der Waals surface area contributed by atoms with Crippen LogP contribution in [0.2, 0.25) is 0 Å². The smallest absolute Gasteiger partial charge is 0.252 e. The number of benzene rings is 1. The fourth-order valence-electron chi connectivity index (χ4n) is 1.43. The quantitative estimate of drug-likeness (QED) is 0.672. The molecule has 0 spiro atoms. The first-order valence-corrected chi connectivity index (χ1v) is 5.87. The minimum atomic E-state index is -0.565. The fourth-order valence-corrected chi connectivity index (χ4v) is 1.43. The van der Waals surface area contributed by atoms with Gasteiger partial charge in [-0.2, -0.15) is 0 Å². The summed E-state index contributed by atoms with van der Waals surface area (Å²) in [4.78, 5) is 11.4.